The van der Waals surface area contributed by atoms with Crippen molar-refractivity contribution in [3.05, 3.63) is 70.0 Å². The molecule has 0 spiro atoms. The number of hydrogen-bond acceptors (Lipinski definition) is 6. The zero-order chi connectivity index (χ0) is 18.0. The molecule has 3 rings (SSSR count). The highest BCUT2D eigenvalue weighted by Gasteiger charge is 2.46. The molecular formula is C17H16N4O4. The summed E-state index contributed by atoms with van der Waals surface area (Å²) in [5.41, 5.74) is -1.08. The van der Waals surface area contributed by atoms with E-state index < -0.39 is 16.6 Å². The Labute approximate surface area is 143 Å². The zero-order valence-corrected chi connectivity index (χ0v) is 13.5. The van der Waals surface area contributed by atoms with E-state index in [1.165, 1.54) is 36.7 Å². The average molecular weight is 340 g/mol. The molecule has 25 heavy (non-hydrogen) atoms. The Kier molecular flexibility index (Phi) is 4.28. The highest BCUT2D eigenvalue weighted by molar-refractivity contribution is 6.01. The van der Waals surface area contributed by atoms with Gasteiger partial charge in [-0.2, -0.15) is 10.1 Å². The van der Waals surface area contributed by atoms with Crippen LogP contribution < -0.4 is 0 Å². The molecule has 0 aliphatic carbocycles. The van der Waals surface area contributed by atoms with Crippen molar-refractivity contribution in [2.75, 3.05) is 0 Å². The number of hydrogen-bond donors (Lipinski definition) is 1. The van der Waals surface area contributed by atoms with Gasteiger partial charge in [-0.05, 0) is 24.6 Å². The van der Waals surface area contributed by atoms with Crippen LogP contribution in [-0.4, -0.2) is 31.6 Å². The molecule has 1 aliphatic heterocycles. The van der Waals surface area contributed by atoms with Crippen molar-refractivity contribution in [2.24, 2.45) is 5.10 Å². The van der Waals surface area contributed by atoms with Gasteiger partial charge in [0.15, 0.2) is 5.72 Å². The van der Waals surface area contributed by atoms with Crippen LogP contribution in [0, 0.1) is 10.1 Å². The van der Waals surface area contributed by atoms with Crippen molar-refractivity contribution in [2.45, 2.75) is 25.5 Å². The third kappa shape index (κ3) is 2.87. The molecule has 1 amide bonds. The average Bonchev–Trinajstić information content (AvgIpc) is 3.00. The van der Waals surface area contributed by atoms with Gasteiger partial charge in [0.1, 0.15) is 5.56 Å². The minimum atomic E-state index is -1.70. The van der Waals surface area contributed by atoms with Crippen molar-refractivity contribution in [1.29, 1.82) is 0 Å². The summed E-state index contributed by atoms with van der Waals surface area (Å²) in [6.07, 6.45) is 3.70. The SMILES string of the molecule is CCC1=NN(C(=O)c2ccccc2[N+](=O)[O-])[C@](O)(c2ccncc2)C1. The van der Waals surface area contributed by atoms with Gasteiger partial charge in [0, 0.05) is 36.2 Å². The van der Waals surface area contributed by atoms with E-state index in [0.29, 0.717) is 17.7 Å². The van der Waals surface area contributed by atoms with Crippen molar-refractivity contribution >= 4 is 17.3 Å². The molecule has 1 N–H and O–H groups in total. The van der Waals surface area contributed by atoms with Crippen LogP contribution in [-0.2, 0) is 5.72 Å². The molecule has 8 nitrogen and oxygen atoms in total. The fraction of sp³-hybridized carbons (Fsp3) is 0.235. The Balaban J connectivity index is 2.08. The number of nitro benzene ring substituents is 1. The summed E-state index contributed by atoms with van der Waals surface area (Å²) in [5.74, 6) is -0.727. The summed E-state index contributed by atoms with van der Waals surface area (Å²) >= 11 is 0. The summed E-state index contributed by atoms with van der Waals surface area (Å²) in [7, 11) is 0. The van der Waals surface area contributed by atoms with Crippen molar-refractivity contribution in [1.82, 2.24) is 9.99 Å². The molecule has 0 saturated carbocycles. The Morgan fingerprint density at radius 2 is 2.00 bits per heavy atom. The number of amides is 1. The van der Waals surface area contributed by atoms with Gasteiger partial charge in [0.25, 0.3) is 11.6 Å². The number of nitrogens with zero attached hydrogens (tertiary/aromatic N) is 4. The van der Waals surface area contributed by atoms with Crippen LogP contribution in [0.2, 0.25) is 0 Å². The number of benzene rings is 1. The normalized spacial score (nSPS) is 19.6. The van der Waals surface area contributed by atoms with Gasteiger partial charge in [-0.25, -0.2) is 0 Å². The molecule has 1 aromatic carbocycles. The fourth-order valence-electron chi connectivity index (χ4n) is 2.80. The van der Waals surface area contributed by atoms with Gasteiger partial charge in [0.05, 0.1) is 4.92 Å². The van der Waals surface area contributed by atoms with E-state index in [-0.39, 0.29) is 17.7 Å². The Bertz CT molecular complexity index is 853. The Morgan fingerprint density at radius 3 is 2.64 bits per heavy atom. The third-order valence-corrected chi connectivity index (χ3v) is 4.12. The molecule has 0 fully saturated rings. The number of hydrazone groups is 1. The van der Waals surface area contributed by atoms with Gasteiger partial charge in [-0.3, -0.25) is 19.9 Å². The highest BCUT2D eigenvalue weighted by Crippen LogP contribution is 2.37. The first-order valence-electron chi connectivity index (χ1n) is 7.74. The first kappa shape index (κ1) is 16.7. The van der Waals surface area contributed by atoms with E-state index in [9.17, 15) is 20.0 Å². The summed E-state index contributed by atoms with van der Waals surface area (Å²) in [6, 6.07) is 8.80. The van der Waals surface area contributed by atoms with Gasteiger partial charge >= 0.3 is 0 Å². The summed E-state index contributed by atoms with van der Waals surface area (Å²) in [6.45, 7) is 1.87. The van der Waals surface area contributed by atoms with Gasteiger partial charge in [-0.1, -0.05) is 19.1 Å². The lowest BCUT2D eigenvalue weighted by Gasteiger charge is -2.31. The van der Waals surface area contributed by atoms with E-state index in [1.54, 1.807) is 12.1 Å². The molecule has 1 atom stereocenters. The highest BCUT2D eigenvalue weighted by atomic mass is 16.6. The largest absolute Gasteiger partial charge is 0.365 e. The predicted molar refractivity (Wildman–Crippen MR) is 89.7 cm³/mol. The molecule has 1 aliphatic rings. The number of nitro groups is 1. The lowest BCUT2D eigenvalue weighted by Crippen LogP contribution is -2.43. The van der Waals surface area contributed by atoms with Crippen LogP contribution in [0.25, 0.3) is 0 Å². The first-order chi connectivity index (χ1) is 12.0. The molecule has 128 valence electrons. The Morgan fingerprint density at radius 1 is 1.32 bits per heavy atom. The molecule has 0 radical (unpaired) electrons. The van der Waals surface area contributed by atoms with Crippen LogP contribution >= 0.6 is 0 Å². The number of pyridine rings is 1. The summed E-state index contributed by atoms with van der Waals surface area (Å²) in [4.78, 5) is 27.5. The minimum Gasteiger partial charge on any atom is -0.365 e. The van der Waals surface area contributed by atoms with Crippen LogP contribution in [0.3, 0.4) is 0 Å². The lowest BCUT2D eigenvalue weighted by molar-refractivity contribution is -0.385. The van der Waals surface area contributed by atoms with Gasteiger partial charge < -0.3 is 5.11 Å². The molecular weight excluding hydrogens is 324 g/mol. The maximum Gasteiger partial charge on any atom is 0.283 e. The second-order valence-corrected chi connectivity index (χ2v) is 5.64. The van der Waals surface area contributed by atoms with Crippen molar-refractivity contribution in [3.63, 3.8) is 0 Å². The number of carbonyl (C=O) groups is 1. The summed E-state index contributed by atoms with van der Waals surface area (Å²) < 4.78 is 0. The van der Waals surface area contributed by atoms with E-state index in [4.69, 9.17) is 0 Å². The maximum absolute atomic E-state index is 13.0. The molecule has 0 saturated heterocycles. The first-order valence-corrected chi connectivity index (χ1v) is 7.74. The Hall–Kier alpha value is -3.13. The van der Waals surface area contributed by atoms with Gasteiger partial charge in [0.2, 0.25) is 0 Å². The molecule has 8 heteroatoms. The number of rotatable bonds is 4. The smallest absolute Gasteiger partial charge is 0.283 e. The maximum atomic E-state index is 13.0. The number of aromatic nitrogens is 1. The van der Waals surface area contributed by atoms with Gasteiger partial charge in [-0.15, -0.1) is 0 Å². The van der Waals surface area contributed by atoms with E-state index in [2.05, 4.69) is 10.1 Å². The quantitative estimate of drug-likeness (QED) is 0.679. The monoisotopic (exact) mass is 340 g/mol. The predicted octanol–water partition coefficient (Wildman–Crippen LogP) is 2.45. The zero-order valence-electron chi connectivity index (χ0n) is 13.5. The fourth-order valence-corrected chi connectivity index (χ4v) is 2.80. The molecule has 2 aromatic rings. The van der Waals surface area contributed by atoms with Crippen LogP contribution in [0.1, 0.15) is 35.7 Å². The second-order valence-electron chi connectivity index (χ2n) is 5.64. The van der Waals surface area contributed by atoms with E-state index >= 15 is 0 Å². The lowest BCUT2D eigenvalue weighted by atomic mass is 9.97. The minimum absolute atomic E-state index is 0.124. The topological polar surface area (TPSA) is 109 Å². The molecule has 0 bridgehead atoms. The van der Waals surface area contributed by atoms with Crippen molar-refractivity contribution in [3.8, 4) is 0 Å². The molecule has 0 unspecified atom stereocenters. The van der Waals surface area contributed by atoms with E-state index in [1.807, 2.05) is 6.92 Å². The standard InChI is InChI=1S/C17H16N4O4/c1-2-13-11-17(23,12-7-9-18-10-8-12)20(19-13)16(22)14-5-3-4-6-15(14)21(24)25/h3-10,23H,2,11H2,1H3/t17-/m1/s1. The second kappa shape index (κ2) is 6.40. The number of aliphatic hydroxyl groups is 1. The van der Waals surface area contributed by atoms with Crippen LogP contribution in [0.4, 0.5) is 5.69 Å². The molecule has 1 aromatic heterocycles. The number of carbonyl (C=O) groups excluding carboxylic acids is 1. The summed E-state index contributed by atoms with van der Waals surface area (Å²) in [5, 5.41) is 27.6. The number of para-hydroxylation sites is 1. The molecule has 2 heterocycles. The van der Waals surface area contributed by atoms with E-state index in [0.717, 1.165) is 5.01 Å². The van der Waals surface area contributed by atoms with Crippen LogP contribution in [0.5, 0.6) is 0 Å². The van der Waals surface area contributed by atoms with Crippen LogP contribution in [0.15, 0.2) is 53.9 Å². The third-order valence-electron chi connectivity index (χ3n) is 4.12. The van der Waals surface area contributed by atoms with Crippen molar-refractivity contribution < 1.29 is 14.8 Å².